The van der Waals surface area contributed by atoms with Gasteiger partial charge in [0.15, 0.2) is 0 Å². The van der Waals surface area contributed by atoms with Gasteiger partial charge in [0.2, 0.25) is 11.9 Å². The van der Waals surface area contributed by atoms with Gasteiger partial charge in [0.1, 0.15) is 0 Å². The summed E-state index contributed by atoms with van der Waals surface area (Å²) in [5.41, 5.74) is 0. The van der Waals surface area contributed by atoms with Crippen LogP contribution in [0.15, 0.2) is 0 Å². The molecule has 1 aromatic rings. The van der Waals surface area contributed by atoms with Gasteiger partial charge in [-0.2, -0.15) is 0 Å². The smallest absolute Gasteiger partial charge is 0.226 e. The molecule has 0 unspecified atom stereocenters. The molecule has 2 rings (SSSR count). The summed E-state index contributed by atoms with van der Waals surface area (Å²) in [7, 11) is 3.82. The third-order valence-electron chi connectivity index (χ3n) is 3.04. The highest BCUT2D eigenvalue weighted by atomic mass is 15.4. The average Bonchev–Trinajstić information content (AvgIpc) is 2.62. The first-order chi connectivity index (χ1) is 7.31. The van der Waals surface area contributed by atoms with Crippen molar-refractivity contribution in [2.75, 3.05) is 17.7 Å². The Hall–Kier alpha value is -1.26. The summed E-state index contributed by atoms with van der Waals surface area (Å²) in [5, 5.41) is 14.6. The number of anilines is 2. The maximum Gasteiger partial charge on any atom is 0.226 e. The minimum Gasteiger partial charge on any atom is -0.357 e. The zero-order valence-electron chi connectivity index (χ0n) is 9.45. The molecule has 1 fully saturated rings. The molecule has 0 spiro atoms. The lowest BCUT2D eigenvalue weighted by Crippen LogP contribution is -2.24. The SMILES string of the molecule is CNc1nnc(NC2CCCCC2)n1C. The minimum absolute atomic E-state index is 0.575. The number of nitrogens with zero attached hydrogens (tertiary/aromatic N) is 3. The van der Waals surface area contributed by atoms with Gasteiger partial charge >= 0.3 is 0 Å². The maximum absolute atomic E-state index is 4.12. The molecule has 1 heterocycles. The van der Waals surface area contributed by atoms with Crippen molar-refractivity contribution in [3.05, 3.63) is 0 Å². The van der Waals surface area contributed by atoms with Gasteiger partial charge in [0.25, 0.3) is 0 Å². The third kappa shape index (κ3) is 2.22. The highest BCUT2D eigenvalue weighted by molar-refractivity contribution is 5.36. The van der Waals surface area contributed by atoms with E-state index in [1.807, 2.05) is 18.7 Å². The summed E-state index contributed by atoms with van der Waals surface area (Å²) in [5.74, 6) is 1.67. The van der Waals surface area contributed by atoms with Crippen LogP contribution in [0.2, 0.25) is 0 Å². The van der Waals surface area contributed by atoms with E-state index in [0.717, 1.165) is 11.9 Å². The van der Waals surface area contributed by atoms with Crippen molar-refractivity contribution in [1.82, 2.24) is 14.8 Å². The second-order valence-corrected chi connectivity index (χ2v) is 4.14. The summed E-state index contributed by atoms with van der Waals surface area (Å²) in [6.07, 6.45) is 6.53. The Labute approximate surface area is 90.3 Å². The van der Waals surface area contributed by atoms with Gasteiger partial charge in [-0.3, -0.25) is 4.57 Å². The number of nitrogens with one attached hydrogen (secondary N) is 2. The molecule has 1 aromatic heterocycles. The second-order valence-electron chi connectivity index (χ2n) is 4.14. The van der Waals surface area contributed by atoms with Gasteiger partial charge in [-0.15, -0.1) is 10.2 Å². The van der Waals surface area contributed by atoms with E-state index in [9.17, 15) is 0 Å². The van der Waals surface area contributed by atoms with Crippen LogP contribution in [0.5, 0.6) is 0 Å². The number of rotatable bonds is 3. The molecule has 84 valence electrons. The van der Waals surface area contributed by atoms with Crippen LogP contribution in [-0.2, 0) is 7.05 Å². The summed E-state index contributed by atoms with van der Waals surface area (Å²) < 4.78 is 1.95. The van der Waals surface area contributed by atoms with Gasteiger partial charge in [0.05, 0.1) is 0 Å². The van der Waals surface area contributed by atoms with Crippen LogP contribution in [-0.4, -0.2) is 27.9 Å². The van der Waals surface area contributed by atoms with E-state index in [2.05, 4.69) is 20.8 Å². The van der Waals surface area contributed by atoms with Crippen molar-refractivity contribution in [2.45, 2.75) is 38.1 Å². The summed E-state index contributed by atoms with van der Waals surface area (Å²) in [6, 6.07) is 0.575. The molecular weight excluding hydrogens is 190 g/mol. The Morgan fingerprint density at radius 2 is 1.80 bits per heavy atom. The van der Waals surface area contributed by atoms with Crippen LogP contribution >= 0.6 is 0 Å². The molecule has 5 heteroatoms. The summed E-state index contributed by atoms with van der Waals surface area (Å²) >= 11 is 0. The molecule has 0 atom stereocenters. The molecular formula is C10H19N5. The predicted octanol–water partition coefficient (Wildman–Crippen LogP) is 1.60. The van der Waals surface area contributed by atoms with Crippen molar-refractivity contribution in [1.29, 1.82) is 0 Å². The molecule has 0 aromatic carbocycles. The molecule has 15 heavy (non-hydrogen) atoms. The molecule has 1 saturated carbocycles. The molecule has 1 aliphatic carbocycles. The van der Waals surface area contributed by atoms with Crippen LogP contribution in [0.1, 0.15) is 32.1 Å². The fourth-order valence-electron chi connectivity index (χ4n) is 2.10. The number of hydrogen-bond acceptors (Lipinski definition) is 4. The van der Waals surface area contributed by atoms with Gasteiger partial charge in [-0.1, -0.05) is 19.3 Å². The van der Waals surface area contributed by atoms with E-state index >= 15 is 0 Å². The first-order valence-corrected chi connectivity index (χ1v) is 5.65. The summed E-state index contributed by atoms with van der Waals surface area (Å²) in [4.78, 5) is 0. The molecule has 0 bridgehead atoms. The zero-order valence-corrected chi connectivity index (χ0v) is 9.45. The van der Waals surface area contributed by atoms with Crippen molar-refractivity contribution in [3.8, 4) is 0 Å². The van der Waals surface area contributed by atoms with Crippen molar-refractivity contribution >= 4 is 11.9 Å². The van der Waals surface area contributed by atoms with Gasteiger partial charge in [-0.05, 0) is 12.8 Å². The molecule has 0 saturated heterocycles. The van der Waals surface area contributed by atoms with E-state index in [1.165, 1.54) is 32.1 Å². The Bertz CT molecular complexity index is 314. The van der Waals surface area contributed by atoms with E-state index in [0.29, 0.717) is 6.04 Å². The molecule has 5 nitrogen and oxygen atoms in total. The lowest BCUT2D eigenvalue weighted by atomic mass is 9.96. The normalized spacial score (nSPS) is 17.7. The molecule has 0 aliphatic heterocycles. The predicted molar refractivity (Wildman–Crippen MR) is 61.0 cm³/mol. The molecule has 0 amide bonds. The topological polar surface area (TPSA) is 54.8 Å². The van der Waals surface area contributed by atoms with Gasteiger partial charge in [0, 0.05) is 20.1 Å². The van der Waals surface area contributed by atoms with E-state index in [-0.39, 0.29) is 0 Å². The minimum atomic E-state index is 0.575. The average molecular weight is 209 g/mol. The monoisotopic (exact) mass is 209 g/mol. The Morgan fingerprint density at radius 1 is 1.13 bits per heavy atom. The first kappa shape index (κ1) is 10.3. The van der Waals surface area contributed by atoms with Crippen LogP contribution in [0.3, 0.4) is 0 Å². The second kappa shape index (κ2) is 4.51. The van der Waals surface area contributed by atoms with E-state index in [1.54, 1.807) is 0 Å². The first-order valence-electron chi connectivity index (χ1n) is 5.65. The third-order valence-corrected chi connectivity index (χ3v) is 3.04. The van der Waals surface area contributed by atoms with Gasteiger partial charge < -0.3 is 10.6 Å². The molecule has 1 aliphatic rings. The Kier molecular flexibility index (Phi) is 3.08. The van der Waals surface area contributed by atoms with Crippen molar-refractivity contribution in [3.63, 3.8) is 0 Å². The van der Waals surface area contributed by atoms with Crippen molar-refractivity contribution in [2.24, 2.45) is 7.05 Å². The Balaban J connectivity index is 2.00. The molecule has 2 N–H and O–H groups in total. The summed E-state index contributed by atoms with van der Waals surface area (Å²) in [6.45, 7) is 0. The fourth-order valence-corrected chi connectivity index (χ4v) is 2.10. The van der Waals surface area contributed by atoms with Crippen LogP contribution in [0, 0.1) is 0 Å². The standard InChI is InChI=1S/C10H19N5/c1-11-9-13-14-10(15(9)2)12-8-6-4-3-5-7-8/h8H,3-7H2,1-2H3,(H,11,13)(H,12,14). The van der Waals surface area contributed by atoms with Crippen LogP contribution in [0.4, 0.5) is 11.9 Å². The number of hydrogen-bond donors (Lipinski definition) is 2. The fraction of sp³-hybridized carbons (Fsp3) is 0.800. The van der Waals surface area contributed by atoms with Gasteiger partial charge in [-0.25, -0.2) is 0 Å². The van der Waals surface area contributed by atoms with E-state index in [4.69, 9.17) is 0 Å². The quantitative estimate of drug-likeness (QED) is 0.794. The van der Waals surface area contributed by atoms with Crippen LogP contribution < -0.4 is 10.6 Å². The lowest BCUT2D eigenvalue weighted by Gasteiger charge is -2.22. The highest BCUT2D eigenvalue weighted by Gasteiger charge is 2.16. The Morgan fingerprint density at radius 3 is 2.40 bits per heavy atom. The lowest BCUT2D eigenvalue weighted by molar-refractivity contribution is 0.460. The van der Waals surface area contributed by atoms with Crippen LogP contribution in [0.25, 0.3) is 0 Å². The molecule has 0 radical (unpaired) electrons. The van der Waals surface area contributed by atoms with E-state index < -0.39 is 0 Å². The van der Waals surface area contributed by atoms with Crippen molar-refractivity contribution < 1.29 is 0 Å². The maximum atomic E-state index is 4.12. The zero-order chi connectivity index (χ0) is 10.7. The number of aromatic nitrogens is 3. The highest BCUT2D eigenvalue weighted by Crippen LogP contribution is 2.21. The largest absolute Gasteiger partial charge is 0.357 e.